The molecule has 0 atom stereocenters. The van der Waals surface area contributed by atoms with Crippen LogP contribution in [0, 0.1) is 0 Å². The highest BCUT2D eigenvalue weighted by Crippen LogP contribution is 2.22. The van der Waals surface area contributed by atoms with Crippen LogP contribution in [0.3, 0.4) is 0 Å². The molecule has 1 nitrogen and oxygen atoms in total. The second kappa shape index (κ2) is 4.84. The molecule has 0 N–H and O–H groups in total. The van der Waals surface area contributed by atoms with Gasteiger partial charge in [-0.05, 0) is 29.3 Å². The van der Waals surface area contributed by atoms with Crippen molar-refractivity contribution in [2.24, 2.45) is 0 Å². The van der Waals surface area contributed by atoms with Gasteiger partial charge in [0.1, 0.15) is 13.3 Å². The van der Waals surface area contributed by atoms with Crippen LogP contribution in [0.1, 0.15) is 11.1 Å². The molecule has 2 aromatic rings. The van der Waals surface area contributed by atoms with Crippen LogP contribution >= 0.6 is 0 Å². The minimum Gasteiger partial charge on any atom is -0.256 e. The SMILES string of the molecule is FCc1ccc(-c2ccccn2)cc1CF. The number of alkyl halides is 2. The number of rotatable bonds is 3. The highest BCUT2D eigenvalue weighted by Gasteiger charge is 2.05. The molecular weight excluding hydrogens is 208 g/mol. The van der Waals surface area contributed by atoms with E-state index in [1.165, 1.54) is 0 Å². The summed E-state index contributed by atoms with van der Waals surface area (Å²) in [6, 6.07) is 10.5. The number of nitrogens with zero attached hydrogens (tertiary/aromatic N) is 1. The Morgan fingerprint density at radius 2 is 1.75 bits per heavy atom. The minimum absolute atomic E-state index is 0.394. The third-order valence-corrected chi connectivity index (χ3v) is 2.45. The molecule has 0 aliphatic rings. The van der Waals surface area contributed by atoms with Crippen LogP contribution in [0.2, 0.25) is 0 Å². The van der Waals surface area contributed by atoms with Gasteiger partial charge in [0.15, 0.2) is 0 Å². The van der Waals surface area contributed by atoms with E-state index in [0.717, 1.165) is 11.3 Å². The van der Waals surface area contributed by atoms with E-state index in [0.29, 0.717) is 11.1 Å². The van der Waals surface area contributed by atoms with Gasteiger partial charge in [0.25, 0.3) is 0 Å². The first kappa shape index (κ1) is 10.7. The molecule has 2 rings (SSSR count). The van der Waals surface area contributed by atoms with Crippen LogP contribution in [0.25, 0.3) is 11.3 Å². The van der Waals surface area contributed by atoms with E-state index in [9.17, 15) is 8.78 Å². The fourth-order valence-electron chi connectivity index (χ4n) is 1.57. The minimum atomic E-state index is -0.653. The Morgan fingerprint density at radius 3 is 2.38 bits per heavy atom. The molecule has 0 bridgehead atoms. The highest BCUT2D eigenvalue weighted by molar-refractivity contribution is 5.60. The zero-order valence-electron chi connectivity index (χ0n) is 8.66. The molecule has 1 heterocycles. The van der Waals surface area contributed by atoms with E-state index in [1.807, 2.05) is 18.2 Å². The number of benzene rings is 1. The van der Waals surface area contributed by atoms with E-state index < -0.39 is 13.3 Å². The van der Waals surface area contributed by atoms with Gasteiger partial charge in [-0.1, -0.05) is 18.2 Å². The molecule has 0 spiro atoms. The number of hydrogen-bond donors (Lipinski definition) is 0. The molecule has 0 aliphatic carbocycles. The van der Waals surface area contributed by atoms with Crippen LogP contribution in [0.4, 0.5) is 8.78 Å². The van der Waals surface area contributed by atoms with Gasteiger partial charge in [0, 0.05) is 11.8 Å². The molecule has 82 valence electrons. The van der Waals surface area contributed by atoms with Crippen LogP contribution < -0.4 is 0 Å². The Balaban J connectivity index is 2.44. The van der Waals surface area contributed by atoms with Crippen molar-refractivity contribution in [3.8, 4) is 11.3 Å². The molecule has 0 fully saturated rings. The first-order chi connectivity index (χ1) is 7.85. The monoisotopic (exact) mass is 219 g/mol. The first-order valence-electron chi connectivity index (χ1n) is 5.00. The molecule has 0 radical (unpaired) electrons. The summed E-state index contributed by atoms with van der Waals surface area (Å²) in [5.41, 5.74) is 2.38. The quantitative estimate of drug-likeness (QED) is 0.767. The maximum Gasteiger partial charge on any atom is 0.115 e. The van der Waals surface area contributed by atoms with Crippen molar-refractivity contribution in [3.63, 3.8) is 0 Å². The van der Waals surface area contributed by atoms with Crippen molar-refractivity contribution >= 4 is 0 Å². The second-order valence-corrected chi connectivity index (χ2v) is 3.47. The van der Waals surface area contributed by atoms with Gasteiger partial charge in [-0.3, -0.25) is 4.98 Å². The number of pyridine rings is 1. The summed E-state index contributed by atoms with van der Waals surface area (Å²) in [5.74, 6) is 0. The predicted molar refractivity (Wildman–Crippen MR) is 59.3 cm³/mol. The van der Waals surface area contributed by atoms with E-state index in [2.05, 4.69) is 4.98 Å². The maximum absolute atomic E-state index is 12.7. The summed E-state index contributed by atoms with van der Waals surface area (Å²) < 4.78 is 25.2. The van der Waals surface area contributed by atoms with E-state index in [-0.39, 0.29) is 0 Å². The molecule has 0 saturated heterocycles. The Bertz CT molecular complexity index is 469. The fourth-order valence-corrected chi connectivity index (χ4v) is 1.57. The third-order valence-electron chi connectivity index (χ3n) is 2.45. The average molecular weight is 219 g/mol. The van der Waals surface area contributed by atoms with Gasteiger partial charge < -0.3 is 0 Å². The summed E-state index contributed by atoms with van der Waals surface area (Å²) in [6.07, 6.45) is 1.67. The molecule has 0 saturated carbocycles. The lowest BCUT2D eigenvalue weighted by atomic mass is 10.0. The smallest absolute Gasteiger partial charge is 0.115 e. The van der Waals surface area contributed by atoms with Crippen LogP contribution in [0.5, 0.6) is 0 Å². The number of hydrogen-bond acceptors (Lipinski definition) is 1. The summed E-state index contributed by atoms with van der Waals surface area (Å²) in [4.78, 5) is 4.16. The van der Waals surface area contributed by atoms with Crippen LogP contribution in [-0.2, 0) is 13.3 Å². The first-order valence-corrected chi connectivity index (χ1v) is 5.00. The lowest BCUT2D eigenvalue weighted by molar-refractivity contribution is 0.454. The Labute approximate surface area is 92.8 Å². The highest BCUT2D eigenvalue weighted by atomic mass is 19.1. The van der Waals surface area contributed by atoms with Crippen molar-refractivity contribution < 1.29 is 8.78 Å². The van der Waals surface area contributed by atoms with Gasteiger partial charge in [-0.2, -0.15) is 0 Å². The van der Waals surface area contributed by atoms with Crippen molar-refractivity contribution in [1.29, 1.82) is 0 Å². The third kappa shape index (κ3) is 2.08. The van der Waals surface area contributed by atoms with Gasteiger partial charge in [0.2, 0.25) is 0 Å². The molecule has 16 heavy (non-hydrogen) atoms. The second-order valence-electron chi connectivity index (χ2n) is 3.47. The molecule has 0 aliphatic heterocycles. The van der Waals surface area contributed by atoms with Crippen molar-refractivity contribution in [2.45, 2.75) is 13.3 Å². The average Bonchev–Trinajstić information content (AvgIpc) is 2.39. The van der Waals surface area contributed by atoms with E-state index in [1.54, 1.807) is 24.4 Å². The zero-order chi connectivity index (χ0) is 11.4. The summed E-state index contributed by atoms with van der Waals surface area (Å²) >= 11 is 0. The van der Waals surface area contributed by atoms with E-state index >= 15 is 0 Å². The maximum atomic E-state index is 12.7. The summed E-state index contributed by atoms with van der Waals surface area (Å²) in [5, 5.41) is 0. The van der Waals surface area contributed by atoms with Crippen molar-refractivity contribution in [3.05, 3.63) is 53.7 Å². The summed E-state index contributed by atoms with van der Waals surface area (Å²) in [6.45, 7) is -1.29. The predicted octanol–water partition coefficient (Wildman–Crippen LogP) is 3.69. The Hall–Kier alpha value is -1.77. The van der Waals surface area contributed by atoms with Gasteiger partial charge in [-0.15, -0.1) is 0 Å². The molecule has 1 aromatic heterocycles. The Kier molecular flexibility index (Phi) is 3.25. The van der Waals surface area contributed by atoms with Crippen LogP contribution in [-0.4, -0.2) is 4.98 Å². The molecular formula is C13H11F2N. The Morgan fingerprint density at radius 1 is 0.938 bits per heavy atom. The zero-order valence-corrected chi connectivity index (χ0v) is 8.66. The van der Waals surface area contributed by atoms with Crippen molar-refractivity contribution in [1.82, 2.24) is 4.98 Å². The summed E-state index contributed by atoms with van der Waals surface area (Å²) in [7, 11) is 0. The van der Waals surface area contributed by atoms with E-state index in [4.69, 9.17) is 0 Å². The van der Waals surface area contributed by atoms with Gasteiger partial charge in [-0.25, -0.2) is 8.78 Å². The lowest BCUT2D eigenvalue weighted by Gasteiger charge is -2.06. The van der Waals surface area contributed by atoms with Gasteiger partial charge >= 0.3 is 0 Å². The molecule has 0 unspecified atom stereocenters. The fraction of sp³-hybridized carbons (Fsp3) is 0.154. The number of aromatic nitrogens is 1. The topological polar surface area (TPSA) is 12.9 Å². The van der Waals surface area contributed by atoms with Crippen LogP contribution in [0.15, 0.2) is 42.6 Å². The van der Waals surface area contributed by atoms with Gasteiger partial charge in [0.05, 0.1) is 5.69 Å². The molecule has 0 amide bonds. The lowest BCUT2D eigenvalue weighted by Crippen LogP contribution is -1.91. The van der Waals surface area contributed by atoms with Crippen molar-refractivity contribution in [2.75, 3.05) is 0 Å². The molecule has 1 aromatic carbocycles. The number of halogens is 2. The largest absolute Gasteiger partial charge is 0.256 e. The normalized spacial score (nSPS) is 10.4. The molecule has 3 heteroatoms. The standard InChI is InChI=1S/C13H11F2N/c14-8-11-5-4-10(7-12(11)9-15)13-3-1-2-6-16-13/h1-7H,8-9H2.